The monoisotopic (exact) mass is 548 g/mol. The third kappa shape index (κ3) is 6.33. The van der Waals surface area contributed by atoms with Crippen LogP contribution in [0.25, 0.3) is 0 Å². The Labute approximate surface area is 216 Å². The lowest BCUT2D eigenvalue weighted by Gasteiger charge is -2.36. The van der Waals surface area contributed by atoms with E-state index < -0.39 is 43.1 Å². The standard InChI is InChI=1S/C24H28N4O7S2/c1-24(2,3)35-23(29)27-17-7-10-22-21(12-17)28(37(32,33)20-6-4-5-16(11-20)13-25)15-18(34-22)14-26-36(30,31)19-8-9-19/h4-7,10-12,18-19,26H,8-9,14-15H2,1-3H3,(H,27,29). The smallest absolute Gasteiger partial charge is 0.412 e. The van der Waals surface area contributed by atoms with Gasteiger partial charge in [-0.25, -0.2) is 26.4 Å². The highest BCUT2D eigenvalue weighted by molar-refractivity contribution is 7.92. The van der Waals surface area contributed by atoms with Crippen molar-refractivity contribution in [2.75, 3.05) is 22.7 Å². The summed E-state index contributed by atoms with van der Waals surface area (Å²) in [6.45, 7) is 4.83. The van der Waals surface area contributed by atoms with E-state index in [4.69, 9.17) is 9.47 Å². The summed E-state index contributed by atoms with van der Waals surface area (Å²) in [5, 5.41) is 11.4. The number of benzene rings is 2. The molecule has 11 nitrogen and oxygen atoms in total. The Bertz CT molecular complexity index is 1460. The molecule has 1 saturated carbocycles. The van der Waals surface area contributed by atoms with Gasteiger partial charge in [-0.05, 0) is 70.0 Å². The molecule has 1 atom stereocenters. The largest absolute Gasteiger partial charge is 0.485 e. The number of hydrogen-bond donors (Lipinski definition) is 2. The van der Waals surface area contributed by atoms with Gasteiger partial charge in [0.25, 0.3) is 10.0 Å². The van der Waals surface area contributed by atoms with E-state index in [1.807, 2.05) is 6.07 Å². The van der Waals surface area contributed by atoms with Gasteiger partial charge in [0, 0.05) is 12.2 Å². The van der Waals surface area contributed by atoms with Crippen molar-refractivity contribution in [3.05, 3.63) is 48.0 Å². The van der Waals surface area contributed by atoms with Gasteiger partial charge < -0.3 is 9.47 Å². The predicted molar refractivity (Wildman–Crippen MR) is 136 cm³/mol. The number of rotatable bonds is 7. The van der Waals surface area contributed by atoms with Crippen molar-refractivity contribution in [1.82, 2.24) is 4.72 Å². The molecule has 0 saturated heterocycles. The zero-order valence-electron chi connectivity index (χ0n) is 20.6. The van der Waals surface area contributed by atoms with Crippen molar-refractivity contribution in [2.45, 2.75) is 55.5 Å². The van der Waals surface area contributed by atoms with Crippen LogP contribution in [0.3, 0.4) is 0 Å². The number of carbonyl (C=O) groups excluding carboxylic acids is 1. The minimum absolute atomic E-state index is 0.109. The molecule has 198 valence electrons. The van der Waals surface area contributed by atoms with Crippen LogP contribution in [0.5, 0.6) is 5.75 Å². The van der Waals surface area contributed by atoms with Crippen LogP contribution in [0.1, 0.15) is 39.2 Å². The van der Waals surface area contributed by atoms with E-state index in [9.17, 15) is 26.9 Å². The molecule has 1 fully saturated rings. The van der Waals surface area contributed by atoms with Crippen molar-refractivity contribution < 1.29 is 31.1 Å². The molecule has 0 spiro atoms. The van der Waals surface area contributed by atoms with E-state index in [0.717, 1.165) is 4.31 Å². The van der Waals surface area contributed by atoms with E-state index in [1.165, 1.54) is 42.5 Å². The van der Waals surface area contributed by atoms with Gasteiger partial charge >= 0.3 is 6.09 Å². The van der Waals surface area contributed by atoms with Gasteiger partial charge in [0.2, 0.25) is 10.0 Å². The van der Waals surface area contributed by atoms with Crippen LogP contribution in [0, 0.1) is 11.3 Å². The van der Waals surface area contributed by atoms with Crippen LogP contribution < -0.4 is 19.1 Å². The van der Waals surface area contributed by atoms with Crippen LogP contribution in [0.2, 0.25) is 0 Å². The van der Waals surface area contributed by atoms with Crippen molar-refractivity contribution in [1.29, 1.82) is 5.26 Å². The number of nitrogens with one attached hydrogen (secondary N) is 2. The van der Waals surface area contributed by atoms with Crippen molar-refractivity contribution in [3.8, 4) is 11.8 Å². The molecule has 0 radical (unpaired) electrons. The van der Waals surface area contributed by atoms with E-state index >= 15 is 0 Å². The van der Waals surface area contributed by atoms with E-state index in [-0.39, 0.29) is 40.7 Å². The highest BCUT2D eigenvalue weighted by Gasteiger charge is 2.38. The minimum atomic E-state index is -4.19. The van der Waals surface area contributed by atoms with Gasteiger partial charge in [0.05, 0.1) is 34.0 Å². The van der Waals surface area contributed by atoms with Gasteiger partial charge in [-0.3, -0.25) is 9.62 Å². The molecule has 1 heterocycles. The quantitative estimate of drug-likeness (QED) is 0.535. The Kier molecular flexibility index (Phi) is 7.11. The van der Waals surface area contributed by atoms with E-state index in [2.05, 4.69) is 10.0 Å². The van der Waals surface area contributed by atoms with E-state index in [0.29, 0.717) is 12.8 Å². The molecule has 13 heteroatoms. The number of sulfonamides is 2. The fraction of sp³-hybridized carbons (Fsp3) is 0.417. The first kappa shape index (κ1) is 26.7. The third-order valence-electron chi connectivity index (χ3n) is 5.56. The lowest BCUT2D eigenvalue weighted by Crippen LogP contribution is -2.48. The number of ether oxygens (including phenoxy) is 2. The average molecular weight is 549 g/mol. The number of amides is 1. The van der Waals surface area contributed by atoms with Crippen LogP contribution in [0.15, 0.2) is 47.4 Å². The summed E-state index contributed by atoms with van der Waals surface area (Å²) in [6.07, 6.45) is -0.355. The lowest BCUT2D eigenvalue weighted by atomic mass is 10.2. The van der Waals surface area contributed by atoms with Gasteiger partial charge in [0.1, 0.15) is 17.5 Å². The Balaban J connectivity index is 1.67. The number of fused-ring (bicyclic) bond motifs is 1. The number of hydrogen-bond acceptors (Lipinski definition) is 8. The first-order valence-electron chi connectivity index (χ1n) is 11.6. The Morgan fingerprint density at radius 1 is 1.16 bits per heavy atom. The molecule has 1 amide bonds. The third-order valence-corrected chi connectivity index (χ3v) is 9.26. The molecule has 1 unspecified atom stereocenters. The van der Waals surface area contributed by atoms with Gasteiger partial charge in [0.15, 0.2) is 0 Å². The average Bonchev–Trinajstić information content (AvgIpc) is 3.67. The maximum absolute atomic E-state index is 13.7. The highest BCUT2D eigenvalue weighted by atomic mass is 32.2. The Morgan fingerprint density at radius 3 is 2.54 bits per heavy atom. The summed E-state index contributed by atoms with van der Waals surface area (Å²) in [5.74, 6) is 0.191. The fourth-order valence-corrected chi connectivity index (χ4v) is 6.66. The molecule has 0 bridgehead atoms. The second-order valence-corrected chi connectivity index (χ2v) is 13.7. The first-order valence-corrected chi connectivity index (χ1v) is 14.6. The highest BCUT2D eigenvalue weighted by Crippen LogP contribution is 2.39. The second kappa shape index (κ2) is 9.85. The van der Waals surface area contributed by atoms with Gasteiger partial charge in [-0.1, -0.05) is 6.07 Å². The van der Waals surface area contributed by atoms with Crippen LogP contribution in [-0.4, -0.2) is 53.0 Å². The maximum atomic E-state index is 13.7. The van der Waals surface area contributed by atoms with Gasteiger partial charge in [-0.15, -0.1) is 0 Å². The lowest BCUT2D eigenvalue weighted by molar-refractivity contribution is 0.0636. The molecule has 0 aromatic heterocycles. The molecule has 4 rings (SSSR count). The van der Waals surface area contributed by atoms with Crippen LogP contribution >= 0.6 is 0 Å². The molecule has 1 aliphatic carbocycles. The van der Waals surface area contributed by atoms with Crippen molar-refractivity contribution >= 4 is 37.5 Å². The fourth-order valence-electron chi connectivity index (χ4n) is 3.70. The molecular formula is C24H28N4O7S2. The number of nitriles is 1. The topological polar surface area (TPSA) is 155 Å². The van der Waals surface area contributed by atoms with Crippen molar-refractivity contribution in [2.24, 2.45) is 0 Å². The van der Waals surface area contributed by atoms with Crippen LogP contribution in [0.4, 0.5) is 16.2 Å². The second-order valence-electron chi connectivity index (χ2n) is 9.82. The summed E-state index contributed by atoms with van der Waals surface area (Å²) < 4.78 is 66.9. The molecule has 1 aliphatic heterocycles. The molecule has 2 aromatic rings. The zero-order valence-corrected chi connectivity index (χ0v) is 22.2. The normalized spacial score (nSPS) is 17.8. The van der Waals surface area contributed by atoms with Gasteiger partial charge in [-0.2, -0.15) is 5.26 Å². The summed E-state index contributed by atoms with van der Waals surface area (Å²) in [6, 6.07) is 12.0. The summed E-state index contributed by atoms with van der Waals surface area (Å²) in [5.41, 5.74) is -0.139. The maximum Gasteiger partial charge on any atom is 0.412 e. The molecule has 2 aromatic carbocycles. The summed E-state index contributed by atoms with van der Waals surface area (Å²) in [4.78, 5) is 12.2. The minimum Gasteiger partial charge on any atom is -0.485 e. The molecule has 2 N–H and O–H groups in total. The molecule has 2 aliphatic rings. The van der Waals surface area contributed by atoms with E-state index in [1.54, 1.807) is 20.8 Å². The first-order chi connectivity index (χ1) is 17.3. The van der Waals surface area contributed by atoms with Crippen LogP contribution in [-0.2, 0) is 24.8 Å². The SMILES string of the molecule is CC(C)(C)OC(=O)Nc1ccc2c(c1)N(S(=O)(=O)c1cccc(C#N)c1)CC(CNS(=O)(=O)C1CC1)O2. The zero-order chi connectivity index (χ0) is 27.0. The Hall–Kier alpha value is -3.34. The predicted octanol–water partition coefficient (Wildman–Crippen LogP) is 2.94. The summed E-state index contributed by atoms with van der Waals surface area (Å²) in [7, 11) is -7.70. The number of nitrogens with zero attached hydrogens (tertiary/aromatic N) is 2. The number of carbonyl (C=O) groups is 1. The Morgan fingerprint density at radius 2 is 1.89 bits per heavy atom. The number of anilines is 2. The summed E-state index contributed by atoms with van der Waals surface area (Å²) >= 11 is 0. The molecular weight excluding hydrogens is 520 g/mol. The molecule has 37 heavy (non-hydrogen) atoms. The van der Waals surface area contributed by atoms with Crippen molar-refractivity contribution in [3.63, 3.8) is 0 Å².